The van der Waals surface area contributed by atoms with Gasteiger partial charge in [-0.1, -0.05) is 6.07 Å². The predicted molar refractivity (Wildman–Crippen MR) is 80.1 cm³/mol. The molecular weight excluding hydrogens is 254 g/mol. The van der Waals surface area contributed by atoms with Gasteiger partial charge in [0.1, 0.15) is 6.29 Å². The minimum atomic E-state index is 0.669. The van der Waals surface area contributed by atoms with Crippen LogP contribution in [0.3, 0.4) is 0 Å². The average Bonchev–Trinajstić information content (AvgIpc) is 3.14. The summed E-state index contributed by atoms with van der Waals surface area (Å²) in [4.78, 5) is 14.7. The molecule has 1 heterocycles. The summed E-state index contributed by atoms with van der Waals surface area (Å²) in [6.07, 6.45) is 3.47. The molecule has 1 aliphatic rings. The Labute approximate surface area is 117 Å². The molecule has 0 radical (unpaired) electrons. The van der Waals surface area contributed by atoms with Gasteiger partial charge in [-0.2, -0.15) is 0 Å². The van der Waals surface area contributed by atoms with Crippen molar-refractivity contribution < 1.29 is 4.79 Å². The molecule has 1 saturated carbocycles. The topological polar surface area (TPSA) is 20.3 Å². The molecule has 0 N–H and O–H groups in total. The van der Waals surface area contributed by atoms with Gasteiger partial charge in [0.25, 0.3) is 0 Å². The number of nitrogens with zero attached hydrogens (tertiary/aromatic N) is 1. The summed E-state index contributed by atoms with van der Waals surface area (Å²) >= 11 is 1.81. The van der Waals surface area contributed by atoms with Crippen LogP contribution in [0.2, 0.25) is 0 Å². The lowest BCUT2D eigenvalue weighted by atomic mass is 10.1. The molecule has 0 bridgehead atoms. The number of carbonyl (C=O) groups excluding carboxylic acids is 1. The normalized spacial score (nSPS) is 14.4. The molecule has 0 saturated heterocycles. The fourth-order valence-corrected chi connectivity index (χ4v) is 3.14. The first-order chi connectivity index (χ1) is 9.28. The zero-order valence-electron chi connectivity index (χ0n) is 11.0. The molecule has 19 heavy (non-hydrogen) atoms. The van der Waals surface area contributed by atoms with Crippen molar-refractivity contribution in [2.24, 2.45) is 0 Å². The first-order valence-corrected chi connectivity index (χ1v) is 7.51. The highest BCUT2D eigenvalue weighted by molar-refractivity contribution is 7.09. The number of aldehydes is 1. The minimum Gasteiger partial charge on any atom is -0.363 e. The highest BCUT2D eigenvalue weighted by atomic mass is 32.1. The number of benzene rings is 1. The van der Waals surface area contributed by atoms with Gasteiger partial charge in [-0.15, -0.1) is 11.3 Å². The van der Waals surface area contributed by atoms with Crippen LogP contribution in [0, 0.1) is 6.92 Å². The Morgan fingerprint density at radius 2 is 2.21 bits per heavy atom. The van der Waals surface area contributed by atoms with Crippen LogP contribution in [0.4, 0.5) is 5.69 Å². The Morgan fingerprint density at radius 3 is 2.79 bits per heavy atom. The van der Waals surface area contributed by atoms with Gasteiger partial charge in [-0.05, 0) is 55.0 Å². The van der Waals surface area contributed by atoms with Gasteiger partial charge < -0.3 is 4.90 Å². The van der Waals surface area contributed by atoms with Gasteiger partial charge in [0.15, 0.2) is 0 Å². The van der Waals surface area contributed by atoms with Crippen LogP contribution in [-0.2, 0) is 6.54 Å². The summed E-state index contributed by atoms with van der Waals surface area (Å²) in [6, 6.07) is 10.9. The van der Waals surface area contributed by atoms with E-state index in [1.807, 2.05) is 12.1 Å². The first kappa shape index (κ1) is 12.4. The Bertz CT molecular complexity index is 572. The maximum absolute atomic E-state index is 10.8. The fraction of sp³-hybridized carbons (Fsp3) is 0.312. The first-order valence-electron chi connectivity index (χ1n) is 6.63. The van der Waals surface area contributed by atoms with Crippen molar-refractivity contribution in [3.05, 3.63) is 51.7 Å². The van der Waals surface area contributed by atoms with Crippen molar-refractivity contribution in [3.8, 4) is 0 Å². The van der Waals surface area contributed by atoms with Gasteiger partial charge in [0, 0.05) is 22.2 Å². The van der Waals surface area contributed by atoms with Crippen molar-refractivity contribution in [3.63, 3.8) is 0 Å². The summed E-state index contributed by atoms with van der Waals surface area (Å²) < 4.78 is 0. The van der Waals surface area contributed by atoms with Crippen LogP contribution < -0.4 is 4.90 Å². The molecule has 2 nitrogen and oxygen atoms in total. The van der Waals surface area contributed by atoms with Crippen LogP contribution in [-0.4, -0.2) is 12.3 Å². The number of anilines is 1. The minimum absolute atomic E-state index is 0.669. The summed E-state index contributed by atoms with van der Waals surface area (Å²) in [5.41, 5.74) is 3.21. The molecule has 3 rings (SSSR count). The molecule has 0 aliphatic heterocycles. The second-order valence-electron chi connectivity index (χ2n) is 5.10. The number of carbonyl (C=O) groups is 1. The third kappa shape index (κ3) is 2.71. The van der Waals surface area contributed by atoms with E-state index in [0.29, 0.717) is 6.04 Å². The van der Waals surface area contributed by atoms with Gasteiger partial charge in [-0.25, -0.2) is 0 Å². The van der Waals surface area contributed by atoms with Crippen molar-refractivity contribution in [1.29, 1.82) is 0 Å². The van der Waals surface area contributed by atoms with E-state index in [2.05, 4.69) is 35.4 Å². The molecule has 0 atom stereocenters. The third-order valence-electron chi connectivity index (χ3n) is 3.56. The maximum Gasteiger partial charge on any atom is 0.150 e. The number of hydrogen-bond acceptors (Lipinski definition) is 3. The SMILES string of the molecule is Cc1cc(C=O)ccc1N(Cc1cccs1)C1CC1. The summed E-state index contributed by atoms with van der Waals surface area (Å²) in [5, 5.41) is 2.13. The predicted octanol–water partition coefficient (Wildman–Crippen LogP) is 4.04. The summed E-state index contributed by atoms with van der Waals surface area (Å²) in [5.74, 6) is 0. The molecule has 2 aromatic rings. The van der Waals surface area contributed by atoms with Crippen LogP contribution >= 0.6 is 11.3 Å². The molecule has 3 heteroatoms. The lowest BCUT2D eigenvalue weighted by molar-refractivity contribution is 0.112. The Balaban J connectivity index is 1.89. The van der Waals surface area contributed by atoms with Crippen molar-refractivity contribution in [2.45, 2.75) is 32.4 Å². The van der Waals surface area contributed by atoms with Gasteiger partial charge in [-0.3, -0.25) is 4.79 Å². The van der Waals surface area contributed by atoms with E-state index in [-0.39, 0.29) is 0 Å². The number of rotatable bonds is 5. The molecular formula is C16H17NOS. The van der Waals surface area contributed by atoms with Crippen molar-refractivity contribution in [1.82, 2.24) is 0 Å². The monoisotopic (exact) mass is 271 g/mol. The van der Waals surface area contributed by atoms with Gasteiger partial charge in [0.2, 0.25) is 0 Å². The number of thiophene rings is 1. The molecule has 98 valence electrons. The molecule has 1 fully saturated rings. The van der Waals surface area contributed by atoms with E-state index in [1.54, 1.807) is 11.3 Å². The van der Waals surface area contributed by atoms with Crippen LogP contribution in [0.25, 0.3) is 0 Å². The van der Waals surface area contributed by atoms with E-state index < -0.39 is 0 Å². The van der Waals surface area contributed by atoms with Gasteiger partial charge >= 0.3 is 0 Å². The Kier molecular flexibility index (Phi) is 3.38. The van der Waals surface area contributed by atoms with Crippen LogP contribution in [0.15, 0.2) is 35.7 Å². The van der Waals surface area contributed by atoms with Crippen molar-refractivity contribution >= 4 is 23.3 Å². The smallest absolute Gasteiger partial charge is 0.150 e. The van der Waals surface area contributed by atoms with Crippen LogP contribution in [0.5, 0.6) is 0 Å². The van der Waals surface area contributed by atoms with E-state index in [4.69, 9.17) is 0 Å². The summed E-state index contributed by atoms with van der Waals surface area (Å²) in [6.45, 7) is 3.07. The highest BCUT2D eigenvalue weighted by Crippen LogP contribution is 2.35. The third-order valence-corrected chi connectivity index (χ3v) is 4.42. The number of aryl methyl sites for hydroxylation is 1. The fourth-order valence-electron chi connectivity index (χ4n) is 2.44. The molecule has 0 amide bonds. The second-order valence-corrected chi connectivity index (χ2v) is 6.13. The van der Waals surface area contributed by atoms with Crippen LogP contribution in [0.1, 0.15) is 33.6 Å². The molecule has 1 aromatic carbocycles. The lowest BCUT2D eigenvalue weighted by Gasteiger charge is -2.26. The Morgan fingerprint density at radius 1 is 1.37 bits per heavy atom. The number of hydrogen-bond donors (Lipinski definition) is 0. The second kappa shape index (κ2) is 5.17. The van der Waals surface area contributed by atoms with E-state index in [0.717, 1.165) is 18.4 Å². The zero-order valence-corrected chi connectivity index (χ0v) is 11.8. The molecule has 0 unspecified atom stereocenters. The molecule has 1 aliphatic carbocycles. The maximum atomic E-state index is 10.8. The van der Waals surface area contributed by atoms with E-state index >= 15 is 0 Å². The van der Waals surface area contributed by atoms with E-state index in [1.165, 1.54) is 29.0 Å². The molecule has 1 aromatic heterocycles. The quantitative estimate of drug-likeness (QED) is 0.765. The largest absolute Gasteiger partial charge is 0.363 e. The average molecular weight is 271 g/mol. The summed E-state index contributed by atoms with van der Waals surface area (Å²) in [7, 11) is 0. The Hall–Kier alpha value is -1.61. The van der Waals surface area contributed by atoms with Gasteiger partial charge in [0.05, 0.1) is 6.54 Å². The lowest BCUT2D eigenvalue weighted by Crippen LogP contribution is -2.25. The zero-order chi connectivity index (χ0) is 13.2. The standard InChI is InChI=1S/C16H17NOS/c1-12-9-13(11-18)4-7-16(12)17(14-5-6-14)10-15-3-2-8-19-15/h2-4,7-9,11,14H,5-6,10H2,1H3. The highest BCUT2D eigenvalue weighted by Gasteiger charge is 2.30. The molecule has 0 spiro atoms. The van der Waals surface area contributed by atoms with Crippen molar-refractivity contribution in [2.75, 3.05) is 4.90 Å². The van der Waals surface area contributed by atoms with E-state index in [9.17, 15) is 4.79 Å².